The molecule has 0 radical (unpaired) electrons. The van der Waals surface area contributed by atoms with E-state index in [-0.39, 0.29) is 24.8 Å². The van der Waals surface area contributed by atoms with E-state index in [0.717, 1.165) is 12.0 Å². The molecular weight excluding hydrogens is 296 g/mol. The maximum atomic E-state index is 11.9. The number of hydrogen-bond acceptors (Lipinski definition) is 4. The Kier molecular flexibility index (Phi) is 7.53. The third-order valence-electron chi connectivity index (χ3n) is 3.10. The smallest absolute Gasteiger partial charge is 0.325 e. The van der Waals surface area contributed by atoms with E-state index in [1.165, 1.54) is 7.11 Å². The molecule has 2 amide bonds. The molecular formula is C17H22N2O4. The van der Waals surface area contributed by atoms with Gasteiger partial charge in [0, 0.05) is 11.3 Å². The standard InChI is InChI=1S/C17H22N2O4/c1-4-5-12(2)17(22)19-14-8-6-13(7-9-14)10-15(20)18-11-16(21)23-3/h5-9H,4,10-11H2,1-3H3,(H,18,20)(H,19,22). The zero-order valence-electron chi connectivity index (χ0n) is 13.6. The van der Waals surface area contributed by atoms with Crippen molar-refractivity contribution in [3.63, 3.8) is 0 Å². The monoisotopic (exact) mass is 318 g/mol. The highest BCUT2D eigenvalue weighted by molar-refractivity contribution is 6.03. The highest BCUT2D eigenvalue weighted by atomic mass is 16.5. The Labute approximate surface area is 135 Å². The summed E-state index contributed by atoms with van der Waals surface area (Å²) in [5.41, 5.74) is 2.11. The number of esters is 1. The predicted octanol–water partition coefficient (Wildman–Crippen LogP) is 1.81. The van der Waals surface area contributed by atoms with Crippen molar-refractivity contribution in [1.29, 1.82) is 0 Å². The number of amides is 2. The molecule has 0 unspecified atom stereocenters. The van der Waals surface area contributed by atoms with Crippen LogP contribution in [0.1, 0.15) is 25.8 Å². The van der Waals surface area contributed by atoms with E-state index in [9.17, 15) is 14.4 Å². The molecule has 0 aliphatic carbocycles. The fourth-order valence-corrected chi connectivity index (χ4v) is 1.83. The average molecular weight is 318 g/mol. The molecule has 124 valence electrons. The van der Waals surface area contributed by atoms with E-state index < -0.39 is 5.97 Å². The van der Waals surface area contributed by atoms with E-state index in [2.05, 4.69) is 15.4 Å². The highest BCUT2D eigenvalue weighted by Gasteiger charge is 2.07. The zero-order valence-corrected chi connectivity index (χ0v) is 13.6. The second-order valence-electron chi connectivity index (χ2n) is 4.98. The summed E-state index contributed by atoms with van der Waals surface area (Å²) in [5, 5.41) is 5.25. The van der Waals surface area contributed by atoms with Gasteiger partial charge >= 0.3 is 5.97 Å². The van der Waals surface area contributed by atoms with Crippen molar-refractivity contribution in [3.05, 3.63) is 41.5 Å². The number of anilines is 1. The van der Waals surface area contributed by atoms with E-state index in [1.54, 1.807) is 31.2 Å². The second-order valence-corrected chi connectivity index (χ2v) is 4.98. The molecule has 0 saturated heterocycles. The van der Waals surface area contributed by atoms with Gasteiger partial charge in [-0.05, 0) is 31.0 Å². The molecule has 0 spiro atoms. The number of carbonyl (C=O) groups is 3. The van der Waals surface area contributed by atoms with Crippen LogP contribution in [0, 0.1) is 0 Å². The molecule has 6 nitrogen and oxygen atoms in total. The van der Waals surface area contributed by atoms with E-state index in [0.29, 0.717) is 11.3 Å². The van der Waals surface area contributed by atoms with Crippen LogP contribution in [0.4, 0.5) is 5.69 Å². The van der Waals surface area contributed by atoms with Crippen molar-refractivity contribution in [2.45, 2.75) is 26.7 Å². The van der Waals surface area contributed by atoms with Crippen molar-refractivity contribution < 1.29 is 19.1 Å². The molecule has 0 aromatic heterocycles. The second kappa shape index (κ2) is 9.40. The average Bonchev–Trinajstić information content (AvgIpc) is 2.54. The summed E-state index contributed by atoms with van der Waals surface area (Å²) >= 11 is 0. The summed E-state index contributed by atoms with van der Waals surface area (Å²) in [6.07, 6.45) is 2.81. The lowest BCUT2D eigenvalue weighted by Gasteiger charge is -2.07. The first-order valence-electron chi connectivity index (χ1n) is 7.36. The van der Waals surface area contributed by atoms with Gasteiger partial charge < -0.3 is 15.4 Å². The van der Waals surface area contributed by atoms with Crippen LogP contribution in [-0.4, -0.2) is 31.4 Å². The van der Waals surface area contributed by atoms with Crippen LogP contribution in [0.15, 0.2) is 35.9 Å². The molecule has 2 N–H and O–H groups in total. The molecule has 6 heteroatoms. The summed E-state index contributed by atoms with van der Waals surface area (Å²) in [7, 11) is 1.26. The van der Waals surface area contributed by atoms with Crippen LogP contribution >= 0.6 is 0 Å². The number of nitrogens with one attached hydrogen (secondary N) is 2. The lowest BCUT2D eigenvalue weighted by molar-refractivity contribution is -0.141. The van der Waals surface area contributed by atoms with Crippen LogP contribution in [0.2, 0.25) is 0 Å². The first-order valence-corrected chi connectivity index (χ1v) is 7.36. The topological polar surface area (TPSA) is 84.5 Å². The van der Waals surface area contributed by atoms with Crippen LogP contribution < -0.4 is 10.6 Å². The molecule has 0 saturated carbocycles. The Hall–Kier alpha value is -2.63. The first-order chi connectivity index (χ1) is 11.0. The molecule has 1 aromatic rings. The van der Waals surface area contributed by atoms with Gasteiger partial charge in [0.15, 0.2) is 0 Å². The molecule has 0 fully saturated rings. The minimum Gasteiger partial charge on any atom is -0.468 e. The Morgan fingerprint density at radius 1 is 1.17 bits per heavy atom. The van der Waals surface area contributed by atoms with Crippen LogP contribution in [0.3, 0.4) is 0 Å². The Morgan fingerprint density at radius 2 is 1.83 bits per heavy atom. The predicted molar refractivity (Wildman–Crippen MR) is 87.8 cm³/mol. The van der Waals surface area contributed by atoms with Crippen LogP contribution in [0.5, 0.6) is 0 Å². The number of methoxy groups -OCH3 is 1. The molecule has 0 aliphatic heterocycles. The van der Waals surface area contributed by atoms with Crippen molar-refractivity contribution in [2.75, 3.05) is 19.0 Å². The molecule has 0 heterocycles. The van der Waals surface area contributed by atoms with E-state index in [1.807, 2.05) is 13.0 Å². The molecule has 0 bridgehead atoms. The zero-order chi connectivity index (χ0) is 17.2. The normalized spacial score (nSPS) is 10.8. The summed E-state index contributed by atoms with van der Waals surface area (Å²) in [6.45, 7) is 3.59. The number of carbonyl (C=O) groups excluding carboxylic acids is 3. The van der Waals surface area contributed by atoms with Gasteiger partial charge in [0.05, 0.1) is 13.5 Å². The largest absolute Gasteiger partial charge is 0.468 e. The lowest BCUT2D eigenvalue weighted by Crippen LogP contribution is -2.31. The van der Waals surface area contributed by atoms with Gasteiger partial charge in [0.25, 0.3) is 5.91 Å². The quantitative estimate of drug-likeness (QED) is 0.593. The van der Waals surface area contributed by atoms with Gasteiger partial charge in [-0.25, -0.2) is 0 Å². The van der Waals surface area contributed by atoms with Gasteiger partial charge in [-0.15, -0.1) is 0 Å². The third-order valence-corrected chi connectivity index (χ3v) is 3.10. The van der Waals surface area contributed by atoms with Gasteiger partial charge in [0.1, 0.15) is 6.54 Å². The highest BCUT2D eigenvalue weighted by Crippen LogP contribution is 2.11. The van der Waals surface area contributed by atoms with E-state index >= 15 is 0 Å². The minimum absolute atomic E-state index is 0.143. The molecule has 23 heavy (non-hydrogen) atoms. The van der Waals surface area contributed by atoms with Gasteiger partial charge in [0.2, 0.25) is 5.91 Å². The maximum absolute atomic E-state index is 11.9. The van der Waals surface area contributed by atoms with Gasteiger partial charge in [-0.2, -0.15) is 0 Å². The van der Waals surface area contributed by atoms with Crippen LogP contribution in [0.25, 0.3) is 0 Å². The maximum Gasteiger partial charge on any atom is 0.325 e. The summed E-state index contributed by atoms with van der Waals surface area (Å²) in [5.74, 6) is -0.906. The molecule has 1 aromatic carbocycles. The van der Waals surface area contributed by atoms with Crippen molar-refractivity contribution in [3.8, 4) is 0 Å². The first kappa shape index (κ1) is 18.4. The Balaban J connectivity index is 2.53. The number of benzene rings is 1. The van der Waals surface area contributed by atoms with Crippen molar-refractivity contribution in [2.24, 2.45) is 0 Å². The van der Waals surface area contributed by atoms with Gasteiger partial charge in [-0.1, -0.05) is 25.1 Å². The third kappa shape index (κ3) is 6.78. The van der Waals surface area contributed by atoms with Crippen LogP contribution in [-0.2, 0) is 25.5 Å². The minimum atomic E-state index is -0.494. The summed E-state index contributed by atoms with van der Waals surface area (Å²) in [4.78, 5) is 34.5. The number of ether oxygens (including phenoxy) is 1. The van der Waals surface area contributed by atoms with Crippen molar-refractivity contribution in [1.82, 2.24) is 5.32 Å². The summed E-state index contributed by atoms with van der Waals surface area (Å²) < 4.78 is 4.44. The molecule has 0 aliphatic rings. The Bertz CT molecular complexity index is 591. The number of hydrogen-bond donors (Lipinski definition) is 2. The fourth-order valence-electron chi connectivity index (χ4n) is 1.83. The lowest BCUT2D eigenvalue weighted by atomic mass is 10.1. The fraction of sp³-hybridized carbons (Fsp3) is 0.353. The van der Waals surface area contributed by atoms with Crippen molar-refractivity contribution >= 4 is 23.5 Å². The Morgan fingerprint density at radius 3 is 2.39 bits per heavy atom. The molecule has 1 rings (SSSR count). The SMILES string of the molecule is CCC=C(C)C(=O)Nc1ccc(CC(=O)NCC(=O)OC)cc1. The number of rotatable bonds is 7. The number of allylic oxidation sites excluding steroid dienone is 1. The van der Waals surface area contributed by atoms with E-state index in [4.69, 9.17) is 0 Å². The molecule has 0 atom stereocenters. The van der Waals surface area contributed by atoms with Gasteiger partial charge in [-0.3, -0.25) is 14.4 Å². The summed E-state index contributed by atoms with van der Waals surface area (Å²) in [6, 6.07) is 6.98.